The summed E-state index contributed by atoms with van der Waals surface area (Å²) in [5.41, 5.74) is -0.413. The molecular formula is C14H28N2O2. The Morgan fingerprint density at radius 2 is 2.17 bits per heavy atom. The first kappa shape index (κ1) is 15.3. The molecule has 0 spiro atoms. The van der Waals surface area contributed by atoms with Crippen LogP contribution in [0.4, 0.5) is 4.79 Å². The summed E-state index contributed by atoms with van der Waals surface area (Å²) in [5, 5.41) is 6.36. The predicted octanol–water partition coefficient (Wildman–Crippen LogP) is 2.68. The maximum Gasteiger partial charge on any atom is 0.407 e. The Hall–Kier alpha value is -0.770. The molecule has 18 heavy (non-hydrogen) atoms. The third kappa shape index (κ3) is 6.24. The number of piperidine rings is 1. The van der Waals surface area contributed by atoms with Crippen LogP contribution in [0.2, 0.25) is 0 Å². The van der Waals surface area contributed by atoms with Crippen molar-refractivity contribution < 1.29 is 9.53 Å². The third-order valence-electron chi connectivity index (χ3n) is 3.29. The molecule has 0 aliphatic carbocycles. The standard InChI is InChI=1S/C14H28N2O2/c1-11-7-5-9-15-12(11)8-6-10-16-13(17)18-14(2,3)4/h11-12,15H,5-10H2,1-4H3,(H,16,17)/t11-,12-/m1/s1. The first-order valence-corrected chi connectivity index (χ1v) is 7.09. The molecule has 1 amide bonds. The molecular weight excluding hydrogens is 228 g/mol. The zero-order valence-electron chi connectivity index (χ0n) is 12.2. The average molecular weight is 256 g/mol. The molecule has 1 fully saturated rings. The van der Waals surface area contributed by atoms with Crippen LogP contribution in [0.25, 0.3) is 0 Å². The van der Waals surface area contributed by atoms with Crippen LogP contribution < -0.4 is 10.6 Å². The van der Waals surface area contributed by atoms with Gasteiger partial charge in [0.15, 0.2) is 0 Å². The Bertz CT molecular complexity index is 261. The van der Waals surface area contributed by atoms with Crippen molar-refractivity contribution >= 4 is 6.09 Å². The van der Waals surface area contributed by atoms with E-state index in [1.165, 1.54) is 12.8 Å². The van der Waals surface area contributed by atoms with Crippen LogP contribution in [0.15, 0.2) is 0 Å². The first-order valence-electron chi connectivity index (χ1n) is 7.09. The average Bonchev–Trinajstić information content (AvgIpc) is 2.24. The number of alkyl carbamates (subject to hydrolysis) is 1. The molecule has 4 nitrogen and oxygen atoms in total. The highest BCUT2D eigenvalue weighted by Gasteiger charge is 2.20. The highest BCUT2D eigenvalue weighted by atomic mass is 16.6. The van der Waals surface area contributed by atoms with Crippen LogP contribution in [-0.4, -0.2) is 30.8 Å². The van der Waals surface area contributed by atoms with Crippen LogP contribution in [0.5, 0.6) is 0 Å². The van der Waals surface area contributed by atoms with Crippen LogP contribution in [0.1, 0.15) is 53.4 Å². The third-order valence-corrected chi connectivity index (χ3v) is 3.29. The lowest BCUT2D eigenvalue weighted by molar-refractivity contribution is 0.0526. The number of hydrogen-bond acceptors (Lipinski definition) is 3. The number of carbonyl (C=O) groups excluding carboxylic acids is 1. The summed E-state index contributed by atoms with van der Waals surface area (Å²) < 4.78 is 5.19. The van der Waals surface area contributed by atoms with Crippen LogP contribution in [-0.2, 0) is 4.74 Å². The van der Waals surface area contributed by atoms with Crippen molar-refractivity contribution in [3.63, 3.8) is 0 Å². The van der Waals surface area contributed by atoms with Gasteiger partial charge < -0.3 is 15.4 Å². The van der Waals surface area contributed by atoms with Crippen LogP contribution >= 0.6 is 0 Å². The van der Waals surface area contributed by atoms with E-state index >= 15 is 0 Å². The molecule has 0 saturated carbocycles. The molecule has 106 valence electrons. The van der Waals surface area contributed by atoms with Gasteiger partial charge in [-0.3, -0.25) is 0 Å². The maximum absolute atomic E-state index is 11.4. The highest BCUT2D eigenvalue weighted by Crippen LogP contribution is 2.18. The molecule has 2 atom stereocenters. The lowest BCUT2D eigenvalue weighted by atomic mass is 9.90. The molecule has 0 bridgehead atoms. The molecule has 4 heteroatoms. The Morgan fingerprint density at radius 1 is 1.44 bits per heavy atom. The van der Waals surface area contributed by atoms with Crippen LogP contribution in [0.3, 0.4) is 0 Å². The number of rotatable bonds is 4. The Kier molecular flexibility index (Phi) is 5.93. The summed E-state index contributed by atoms with van der Waals surface area (Å²) >= 11 is 0. The minimum absolute atomic E-state index is 0.313. The minimum Gasteiger partial charge on any atom is -0.444 e. The van der Waals surface area contributed by atoms with Crippen molar-refractivity contribution in [2.24, 2.45) is 5.92 Å². The quantitative estimate of drug-likeness (QED) is 0.760. The Morgan fingerprint density at radius 3 is 2.78 bits per heavy atom. The van der Waals surface area contributed by atoms with Crippen molar-refractivity contribution in [2.45, 2.75) is 65.0 Å². The smallest absolute Gasteiger partial charge is 0.407 e. The highest BCUT2D eigenvalue weighted by molar-refractivity contribution is 5.67. The van der Waals surface area contributed by atoms with Gasteiger partial charge in [-0.05, 0) is 58.9 Å². The molecule has 0 radical (unpaired) electrons. The summed E-state index contributed by atoms with van der Waals surface area (Å²) in [7, 11) is 0. The monoisotopic (exact) mass is 256 g/mol. The van der Waals surface area contributed by atoms with Gasteiger partial charge in [-0.25, -0.2) is 4.79 Å². The second-order valence-electron chi connectivity index (χ2n) is 6.25. The van der Waals surface area contributed by atoms with E-state index in [0.29, 0.717) is 12.6 Å². The van der Waals surface area contributed by atoms with Crippen molar-refractivity contribution in [3.05, 3.63) is 0 Å². The van der Waals surface area contributed by atoms with Gasteiger partial charge in [-0.15, -0.1) is 0 Å². The van der Waals surface area contributed by atoms with E-state index in [0.717, 1.165) is 25.3 Å². The maximum atomic E-state index is 11.4. The molecule has 1 heterocycles. The summed E-state index contributed by atoms with van der Waals surface area (Å²) in [4.78, 5) is 11.4. The predicted molar refractivity (Wildman–Crippen MR) is 73.7 cm³/mol. The molecule has 0 aromatic rings. The summed E-state index contributed by atoms with van der Waals surface area (Å²) in [6, 6.07) is 0.610. The second kappa shape index (κ2) is 6.98. The molecule has 0 unspecified atom stereocenters. The lowest BCUT2D eigenvalue weighted by Gasteiger charge is -2.30. The topological polar surface area (TPSA) is 50.4 Å². The second-order valence-corrected chi connectivity index (χ2v) is 6.25. The van der Waals surface area contributed by atoms with Gasteiger partial charge in [-0.1, -0.05) is 6.92 Å². The lowest BCUT2D eigenvalue weighted by Crippen LogP contribution is -2.40. The van der Waals surface area contributed by atoms with Gasteiger partial charge >= 0.3 is 6.09 Å². The van der Waals surface area contributed by atoms with E-state index in [1.807, 2.05) is 20.8 Å². The first-order chi connectivity index (χ1) is 8.38. The van der Waals surface area contributed by atoms with E-state index in [-0.39, 0.29) is 6.09 Å². The fourth-order valence-electron chi connectivity index (χ4n) is 2.33. The SMILES string of the molecule is C[C@@H]1CCCN[C@@H]1CCCNC(=O)OC(C)(C)C. The zero-order chi connectivity index (χ0) is 13.6. The fourth-order valence-corrected chi connectivity index (χ4v) is 2.33. The molecule has 1 rings (SSSR count). The Labute approximate surface area is 111 Å². The largest absolute Gasteiger partial charge is 0.444 e. The fraction of sp³-hybridized carbons (Fsp3) is 0.929. The number of nitrogens with one attached hydrogen (secondary N) is 2. The van der Waals surface area contributed by atoms with Crippen LogP contribution in [0, 0.1) is 5.92 Å². The molecule has 1 saturated heterocycles. The van der Waals surface area contributed by atoms with Crippen molar-refractivity contribution in [1.29, 1.82) is 0 Å². The van der Waals surface area contributed by atoms with Crippen molar-refractivity contribution in [2.75, 3.05) is 13.1 Å². The van der Waals surface area contributed by atoms with E-state index in [9.17, 15) is 4.79 Å². The molecule has 1 aliphatic rings. The van der Waals surface area contributed by atoms with Gasteiger partial charge in [-0.2, -0.15) is 0 Å². The van der Waals surface area contributed by atoms with Crippen molar-refractivity contribution in [3.8, 4) is 0 Å². The molecule has 0 aromatic heterocycles. The van der Waals surface area contributed by atoms with E-state index in [2.05, 4.69) is 17.6 Å². The summed E-state index contributed by atoms with van der Waals surface area (Å²) in [5.74, 6) is 0.750. The van der Waals surface area contributed by atoms with Gasteiger partial charge in [0.2, 0.25) is 0 Å². The van der Waals surface area contributed by atoms with Gasteiger partial charge in [0, 0.05) is 12.6 Å². The number of carbonyl (C=O) groups is 1. The van der Waals surface area contributed by atoms with Crippen molar-refractivity contribution in [1.82, 2.24) is 10.6 Å². The van der Waals surface area contributed by atoms with Gasteiger partial charge in [0.25, 0.3) is 0 Å². The molecule has 2 N–H and O–H groups in total. The molecule has 0 aromatic carbocycles. The zero-order valence-corrected chi connectivity index (χ0v) is 12.2. The normalized spacial score (nSPS) is 24.7. The Balaban J connectivity index is 2.09. The number of ether oxygens (including phenoxy) is 1. The van der Waals surface area contributed by atoms with Gasteiger partial charge in [0.05, 0.1) is 0 Å². The molecule has 1 aliphatic heterocycles. The number of hydrogen-bond donors (Lipinski definition) is 2. The number of amides is 1. The van der Waals surface area contributed by atoms with E-state index in [1.54, 1.807) is 0 Å². The van der Waals surface area contributed by atoms with E-state index in [4.69, 9.17) is 4.74 Å². The minimum atomic E-state index is -0.413. The summed E-state index contributed by atoms with van der Waals surface area (Å²) in [6.07, 6.45) is 4.41. The van der Waals surface area contributed by atoms with E-state index < -0.39 is 5.60 Å². The summed E-state index contributed by atoms with van der Waals surface area (Å²) in [6.45, 7) is 9.76. The van der Waals surface area contributed by atoms with Gasteiger partial charge in [0.1, 0.15) is 5.60 Å².